The third kappa shape index (κ3) is 5.77. The van der Waals surface area contributed by atoms with Crippen LogP contribution in [0.3, 0.4) is 0 Å². The van der Waals surface area contributed by atoms with E-state index in [0.717, 1.165) is 0 Å². The first-order valence-corrected chi connectivity index (χ1v) is 7.74. The Labute approximate surface area is 153 Å². The highest BCUT2D eigenvalue weighted by Crippen LogP contribution is 2.21. The second-order valence-corrected chi connectivity index (χ2v) is 5.17. The number of hydrogen-bond donors (Lipinski definition) is 2. The highest BCUT2D eigenvalue weighted by atomic mass is 19.3. The molecular weight excluding hydrogens is 362 g/mol. The van der Waals surface area contributed by atoms with Crippen LogP contribution < -0.4 is 15.4 Å². The molecule has 0 unspecified atom stereocenters. The van der Waals surface area contributed by atoms with E-state index in [9.17, 15) is 23.2 Å². The normalized spacial score (nSPS) is 11.4. The maximum Gasteiger partial charge on any atom is 0.387 e. The molecule has 0 bridgehead atoms. The molecule has 142 valence electrons. The van der Waals surface area contributed by atoms with E-state index in [1.807, 2.05) is 5.32 Å². The van der Waals surface area contributed by atoms with Crippen LogP contribution in [0.1, 0.15) is 22.0 Å². The van der Waals surface area contributed by atoms with Crippen LogP contribution in [0.5, 0.6) is 5.75 Å². The Morgan fingerprint density at radius 2 is 1.59 bits per heavy atom. The number of carbonyl (C=O) groups excluding carboxylic acids is 3. The van der Waals surface area contributed by atoms with Gasteiger partial charge >= 0.3 is 18.6 Å². The van der Waals surface area contributed by atoms with Crippen molar-refractivity contribution in [1.82, 2.24) is 10.6 Å². The fraction of sp³-hybridized carbons (Fsp3) is 0.167. The molecule has 2 aromatic rings. The Morgan fingerprint density at radius 1 is 0.963 bits per heavy atom. The molecule has 0 aliphatic rings. The van der Waals surface area contributed by atoms with Crippen molar-refractivity contribution in [1.29, 1.82) is 0 Å². The lowest BCUT2D eigenvalue weighted by Crippen LogP contribution is -2.41. The van der Waals surface area contributed by atoms with Gasteiger partial charge < -0.3 is 14.8 Å². The van der Waals surface area contributed by atoms with Crippen LogP contribution >= 0.6 is 0 Å². The van der Waals surface area contributed by atoms with Gasteiger partial charge in [0, 0.05) is 12.6 Å². The highest BCUT2D eigenvalue weighted by molar-refractivity contribution is 5.99. The number of esters is 1. The summed E-state index contributed by atoms with van der Waals surface area (Å²) >= 11 is 0. The van der Waals surface area contributed by atoms with Crippen LogP contribution in [0.25, 0.3) is 0 Å². The third-order valence-electron chi connectivity index (χ3n) is 3.34. The molecule has 0 aromatic heterocycles. The number of ether oxygens (including phenoxy) is 2. The topological polar surface area (TPSA) is 93.7 Å². The number of carbonyl (C=O) groups is 3. The predicted molar refractivity (Wildman–Crippen MR) is 90.3 cm³/mol. The van der Waals surface area contributed by atoms with Crippen molar-refractivity contribution < 1.29 is 32.6 Å². The molecule has 7 nitrogen and oxygen atoms in total. The Balaban J connectivity index is 2.17. The minimum absolute atomic E-state index is 0.0188. The second kappa shape index (κ2) is 9.27. The molecule has 9 heteroatoms. The highest BCUT2D eigenvalue weighted by Gasteiger charge is 2.27. The summed E-state index contributed by atoms with van der Waals surface area (Å²) in [6, 6.07) is 12.1. The summed E-state index contributed by atoms with van der Waals surface area (Å²) < 4.78 is 33.8. The van der Waals surface area contributed by atoms with E-state index in [2.05, 4.69) is 10.1 Å². The van der Waals surface area contributed by atoms with Gasteiger partial charge in [0.05, 0.1) is 5.56 Å². The number of hydrogen-bond acceptors (Lipinski definition) is 5. The van der Waals surface area contributed by atoms with Crippen LogP contribution in [-0.4, -0.2) is 31.6 Å². The van der Waals surface area contributed by atoms with Crippen LogP contribution in [0.15, 0.2) is 54.6 Å². The Morgan fingerprint density at radius 3 is 2.15 bits per heavy atom. The number of imide groups is 1. The molecule has 0 radical (unpaired) electrons. The molecule has 0 heterocycles. The van der Waals surface area contributed by atoms with E-state index < -0.39 is 30.6 Å². The van der Waals surface area contributed by atoms with Gasteiger partial charge in [-0.2, -0.15) is 8.78 Å². The van der Waals surface area contributed by atoms with Crippen molar-refractivity contribution in [3.63, 3.8) is 0 Å². The van der Waals surface area contributed by atoms with Crippen molar-refractivity contribution >= 4 is 17.9 Å². The number of nitrogens with one attached hydrogen (secondary N) is 2. The van der Waals surface area contributed by atoms with E-state index in [-0.39, 0.29) is 11.3 Å². The van der Waals surface area contributed by atoms with Gasteiger partial charge in [-0.1, -0.05) is 30.3 Å². The summed E-state index contributed by atoms with van der Waals surface area (Å²) in [5.74, 6) is -1.84. The van der Waals surface area contributed by atoms with Crippen LogP contribution in [0.2, 0.25) is 0 Å². The number of alkyl halides is 2. The number of benzene rings is 2. The standard InChI is InChI=1S/C18H16F2N2O5/c1-21-18(25)22-15(23)14(11-5-3-2-4-6-11)27-16(24)12-7-9-13(10-8-12)26-17(19)20/h2-10,14,17H,1H3,(H2,21,22,23,25)/t14-/m1/s1. The minimum atomic E-state index is -2.99. The molecular formula is C18H16F2N2O5. The second-order valence-electron chi connectivity index (χ2n) is 5.17. The largest absolute Gasteiger partial charge is 0.444 e. The van der Waals surface area contributed by atoms with Crippen molar-refractivity contribution in [3.8, 4) is 5.75 Å². The first kappa shape index (κ1) is 19.8. The first-order chi connectivity index (χ1) is 12.9. The average Bonchev–Trinajstić information content (AvgIpc) is 2.66. The lowest BCUT2D eigenvalue weighted by molar-refractivity contribution is -0.129. The zero-order valence-corrected chi connectivity index (χ0v) is 14.1. The summed E-state index contributed by atoms with van der Waals surface area (Å²) in [6.45, 7) is -2.99. The number of rotatable bonds is 6. The maximum atomic E-state index is 12.3. The summed E-state index contributed by atoms with van der Waals surface area (Å²) in [4.78, 5) is 36.0. The smallest absolute Gasteiger partial charge is 0.387 e. The third-order valence-corrected chi connectivity index (χ3v) is 3.34. The fourth-order valence-electron chi connectivity index (χ4n) is 2.09. The molecule has 3 amide bonds. The molecule has 0 fully saturated rings. The van der Waals surface area contributed by atoms with Crippen molar-refractivity contribution in [2.75, 3.05) is 7.05 Å². The Kier molecular flexibility index (Phi) is 6.81. The van der Waals surface area contributed by atoms with Gasteiger partial charge in [-0.05, 0) is 24.3 Å². The number of halogens is 2. The lowest BCUT2D eigenvalue weighted by atomic mass is 10.1. The molecule has 0 spiro atoms. The molecule has 0 aliphatic carbocycles. The predicted octanol–water partition coefficient (Wildman–Crippen LogP) is 2.64. The van der Waals surface area contributed by atoms with Gasteiger partial charge in [-0.25, -0.2) is 9.59 Å². The quantitative estimate of drug-likeness (QED) is 0.754. The van der Waals surface area contributed by atoms with Gasteiger partial charge in [-0.15, -0.1) is 0 Å². The molecule has 2 aromatic carbocycles. The number of urea groups is 1. The van der Waals surface area contributed by atoms with Crippen LogP contribution in [0.4, 0.5) is 13.6 Å². The summed E-state index contributed by atoms with van der Waals surface area (Å²) in [7, 11) is 1.33. The maximum absolute atomic E-state index is 12.3. The van der Waals surface area contributed by atoms with Gasteiger partial charge in [0.2, 0.25) is 6.10 Å². The zero-order chi connectivity index (χ0) is 19.8. The summed E-state index contributed by atoms with van der Waals surface area (Å²) in [6.07, 6.45) is -1.38. The van der Waals surface area contributed by atoms with E-state index >= 15 is 0 Å². The SMILES string of the molecule is CNC(=O)NC(=O)[C@H](OC(=O)c1ccc(OC(F)F)cc1)c1ccccc1. The summed E-state index contributed by atoms with van der Waals surface area (Å²) in [5, 5.41) is 4.27. The fourth-order valence-corrected chi connectivity index (χ4v) is 2.09. The van der Waals surface area contributed by atoms with E-state index in [4.69, 9.17) is 4.74 Å². The molecule has 2 N–H and O–H groups in total. The van der Waals surface area contributed by atoms with Crippen molar-refractivity contribution in [3.05, 3.63) is 65.7 Å². The van der Waals surface area contributed by atoms with Crippen LogP contribution in [-0.2, 0) is 9.53 Å². The van der Waals surface area contributed by atoms with Crippen molar-refractivity contribution in [2.45, 2.75) is 12.7 Å². The van der Waals surface area contributed by atoms with Crippen molar-refractivity contribution in [2.24, 2.45) is 0 Å². The molecule has 0 saturated carbocycles. The molecule has 0 saturated heterocycles. The van der Waals surface area contributed by atoms with Gasteiger partial charge in [0.25, 0.3) is 5.91 Å². The minimum Gasteiger partial charge on any atom is -0.444 e. The zero-order valence-electron chi connectivity index (χ0n) is 14.1. The average molecular weight is 378 g/mol. The molecule has 1 atom stereocenters. The van der Waals surface area contributed by atoms with Crippen LogP contribution in [0, 0.1) is 0 Å². The molecule has 0 aliphatic heterocycles. The summed E-state index contributed by atoms with van der Waals surface area (Å²) in [5.41, 5.74) is 0.371. The molecule has 27 heavy (non-hydrogen) atoms. The van der Waals surface area contributed by atoms with E-state index in [1.54, 1.807) is 30.3 Å². The van der Waals surface area contributed by atoms with Gasteiger partial charge in [0.15, 0.2) is 0 Å². The molecule has 2 rings (SSSR count). The first-order valence-electron chi connectivity index (χ1n) is 7.74. The lowest BCUT2D eigenvalue weighted by Gasteiger charge is -2.17. The Hall–Kier alpha value is -3.49. The van der Waals surface area contributed by atoms with Gasteiger partial charge in [-0.3, -0.25) is 10.1 Å². The monoisotopic (exact) mass is 378 g/mol. The van der Waals surface area contributed by atoms with E-state index in [1.165, 1.54) is 31.3 Å². The Bertz CT molecular complexity index is 797. The van der Waals surface area contributed by atoms with Gasteiger partial charge in [0.1, 0.15) is 5.75 Å². The van der Waals surface area contributed by atoms with E-state index in [0.29, 0.717) is 5.56 Å². The number of amides is 3.